The number of aliphatic hydroxyl groups is 1. The molecule has 0 spiro atoms. The van der Waals surface area contributed by atoms with Crippen LogP contribution in [0.4, 0.5) is 0 Å². The van der Waals surface area contributed by atoms with E-state index in [0.29, 0.717) is 5.92 Å². The summed E-state index contributed by atoms with van der Waals surface area (Å²) in [5, 5.41) is 14.5. The van der Waals surface area contributed by atoms with Gasteiger partial charge in [-0.15, -0.1) is 0 Å². The minimum Gasteiger partial charge on any atom is -0.497 e. The Bertz CT molecular complexity index is 907. The molecule has 2 aromatic carbocycles. The molecule has 1 aromatic heterocycles. The summed E-state index contributed by atoms with van der Waals surface area (Å²) >= 11 is 0. The van der Waals surface area contributed by atoms with E-state index in [9.17, 15) is 5.11 Å². The summed E-state index contributed by atoms with van der Waals surface area (Å²) < 4.78 is 7.37. The Morgan fingerprint density at radius 3 is 2.79 bits per heavy atom. The molecule has 5 nitrogen and oxygen atoms in total. The minimum absolute atomic E-state index is 0.266. The van der Waals surface area contributed by atoms with Crippen LogP contribution in [0.25, 0.3) is 16.9 Å². The maximum atomic E-state index is 9.56. The molecule has 0 saturated carbocycles. The summed E-state index contributed by atoms with van der Waals surface area (Å²) in [4.78, 5) is 2.43. The first kappa shape index (κ1) is 18.7. The van der Waals surface area contributed by atoms with Gasteiger partial charge in [0.1, 0.15) is 5.75 Å². The highest BCUT2D eigenvalue weighted by atomic mass is 16.5. The molecule has 1 aliphatic heterocycles. The smallest absolute Gasteiger partial charge is 0.119 e. The number of methoxy groups -OCH3 is 1. The molecule has 4 rings (SSSR count). The number of aromatic nitrogens is 2. The van der Waals surface area contributed by atoms with Crippen molar-refractivity contribution in [3.05, 3.63) is 66.4 Å². The Morgan fingerprint density at radius 2 is 2.00 bits per heavy atom. The van der Waals surface area contributed by atoms with Gasteiger partial charge in [-0.3, -0.25) is 4.90 Å². The van der Waals surface area contributed by atoms with Crippen molar-refractivity contribution in [2.24, 2.45) is 5.92 Å². The van der Waals surface area contributed by atoms with Crippen LogP contribution in [0, 0.1) is 5.92 Å². The normalized spacial score (nSPS) is 17.6. The third kappa shape index (κ3) is 4.11. The maximum absolute atomic E-state index is 9.56. The lowest BCUT2D eigenvalue weighted by molar-refractivity contribution is 0.116. The predicted octanol–water partition coefficient (Wildman–Crippen LogP) is 3.75. The van der Waals surface area contributed by atoms with E-state index in [1.165, 1.54) is 5.56 Å². The average Bonchev–Trinajstić information content (AvgIpc) is 3.18. The fourth-order valence-electron chi connectivity index (χ4n) is 3.94. The number of benzene rings is 2. The zero-order valence-corrected chi connectivity index (χ0v) is 16.3. The second-order valence-corrected chi connectivity index (χ2v) is 7.44. The second kappa shape index (κ2) is 8.59. The van der Waals surface area contributed by atoms with Crippen LogP contribution in [0.3, 0.4) is 0 Å². The summed E-state index contributed by atoms with van der Waals surface area (Å²) in [6.07, 6.45) is 4.37. The van der Waals surface area contributed by atoms with Crippen molar-refractivity contribution in [2.75, 3.05) is 26.8 Å². The zero-order chi connectivity index (χ0) is 19.3. The summed E-state index contributed by atoms with van der Waals surface area (Å²) in [5.41, 5.74) is 4.27. The summed E-state index contributed by atoms with van der Waals surface area (Å²) in [5.74, 6) is 1.20. The maximum Gasteiger partial charge on any atom is 0.119 e. The monoisotopic (exact) mass is 377 g/mol. The number of hydrogen-bond acceptors (Lipinski definition) is 4. The predicted molar refractivity (Wildman–Crippen MR) is 111 cm³/mol. The Labute approximate surface area is 166 Å². The minimum atomic E-state index is 0.266. The van der Waals surface area contributed by atoms with Crippen LogP contribution >= 0.6 is 0 Å². The number of likely N-dealkylation sites (tertiary alicyclic amines) is 1. The second-order valence-electron chi connectivity index (χ2n) is 7.44. The highest BCUT2D eigenvalue weighted by molar-refractivity contribution is 5.65. The number of hydrogen-bond donors (Lipinski definition) is 1. The molecular weight excluding hydrogens is 350 g/mol. The van der Waals surface area contributed by atoms with Crippen LogP contribution in [-0.4, -0.2) is 46.6 Å². The topological polar surface area (TPSA) is 50.5 Å². The van der Waals surface area contributed by atoms with Crippen LogP contribution in [0.2, 0.25) is 0 Å². The van der Waals surface area contributed by atoms with Gasteiger partial charge in [-0.2, -0.15) is 5.10 Å². The van der Waals surface area contributed by atoms with Crippen molar-refractivity contribution < 1.29 is 9.84 Å². The fraction of sp³-hybridized carbons (Fsp3) is 0.348. The van der Waals surface area contributed by atoms with Gasteiger partial charge in [0.15, 0.2) is 0 Å². The molecule has 1 fully saturated rings. The van der Waals surface area contributed by atoms with E-state index in [0.717, 1.165) is 55.2 Å². The van der Waals surface area contributed by atoms with Crippen molar-refractivity contribution in [3.63, 3.8) is 0 Å². The molecule has 28 heavy (non-hydrogen) atoms. The van der Waals surface area contributed by atoms with Crippen molar-refractivity contribution in [2.45, 2.75) is 19.4 Å². The van der Waals surface area contributed by atoms with E-state index < -0.39 is 0 Å². The first-order valence-electron chi connectivity index (χ1n) is 9.88. The highest BCUT2D eigenvalue weighted by Gasteiger charge is 2.22. The quantitative estimate of drug-likeness (QED) is 0.711. The van der Waals surface area contributed by atoms with Gasteiger partial charge < -0.3 is 9.84 Å². The lowest BCUT2D eigenvalue weighted by atomic mass is 9.98. The number of para-hydroxylation sites is 1. The van der Waals surface area contributed by atoms with Gasteiger partial charge >= 0.3 is 0 Å². The summed E-state index contributed by atoms with van der Waals surface area (Å²) in [6, 6.07) is 18.3. The number of piperidine rings is 1. The molecule has 1 atom stereocenters. The van der Waals surface area contributed by atoms with Crippen LogP contribution in [-0.2, 0) is 6.54 Å². The molecule has 0 amide bonds. The van der Waals surface area contributed by atoms with Crippen LogP contribution in [0.1, 0.15) is 18.4 Å². The largest absolute Gasteiger partial charge is 0.497 e. The third-order valence-electron chi connectivity index (χ3n) is 5.41. The Hall–Kier alpha value is -2.63. The molecule has 0 bridgehead atoms. The number of rotatable bonds is 6. The van der Waals surface area contributed by atoms with Gasteiger partial charge in [0.05, 0.1) is 18.5 Å². The summed E-state index contributed by atoms with van der Waals surface area (Å²) in [7, 11) is 1.69. The van der Waals surface area contributed by atoms with Crippen LogP contribution in [0.15, 0.2) is 60.8 Å². The zero-order valence-electron chi connectivity index (χ0n) is 16.3. The molecule has 1 N–H and O–H groups in total. The van der Waals surface area contributed by atoms with Gasteiger partial charge in [-0.25, -0.2) is 4.68 Å². The van der Waals surface area contributed by atoms with E-state index in [2.05, 4.69) is 29.3 Å². The van der Waals surface area contributed by atoms with Gasteiger partial charge in [0, 0.05) is 37.0 Å². The van der Waals surface area contributed by atoms with E-state index in [4.69, 9.17) is 9.84 Å². The van der Waals surface area contributed by atoms with Gasteiger partial charge in [0.2, 0.25) is 0 Å². The van der Waals surface area contributed by atoms with Gasteiger partial charge in [-0.1, -0.05) is 30.3 Å². The lowest BCUT2D eigenvalue weighted by Crippen LogP contribution is -2.36. The van der Waals surface area contributed by atoms with Crippen molar-refractivity contribution in [1.82, 2.24) is 14.7 Å². The van der Waals surface area contributed by atoms with E-state index in [-0.39, 0.29) is 6.61 Å². The van der Waals surface area contributed by atoms with E-state index in [1.54, 1.807) is 7.11 Å². The Kier molecular flexibility index (Phi) is 5.74. The standard InChI is InChI=1S/C23H27N3O2/c1-28-22-11-5-8-19(13-22)23-20(15-25-12-6-7-18(14-25)17-27)16-26(24-23)21-9-3-2-4-10-21/h2-5,8-11,13,16,18,27H,6-7,12,14-15,17H2,1H3. The Morgan fingerprint density at radius 1 is 1.14 bits per heavy atom. The molecule has 0 aliphatic carbocycles. The summed E-state index contributed by atoms with van der Waals surface area (Å²) in [6.45, 7) is 3.09. The van der Waals surface area contributed by atoms with Gasteiger partial charge in [0.25, 0.3) is 0 Å². The van der Waals surface area contributed by atoms with Crippen molar-refractivity contribution in [3.8, 4) is 22.7 Å². The van der Waals surface area contributed by atoms with E-state index in [1.807, 2.05) is 41.1 Å². The van der Waals surface area contributed by atoms with Crippen LogP contribution < -0.4 is 4.74 Å². The average molecular weight is 377 g/mol. The van der Waals surface area contributed by atoms with Crippen molar-refractivity contribution >= 4 is 0 Å². The number of ether oxygens (including phenoxy) is 1. The van der Waals surface area contributed by atoms with Gasteiger partial charge in [-0.05, 0) is 49.6 Å². The highest BCUT2D eigenvalue weighted by Crippen LogP contribution is 2.29. The molecule has 146 valence electrons. The lowest BCUT2D eigenvalue weighted by Gasteiger charge is -2.31. The fourth-order valence-corrected chi connectivity index (χ4v) is 3.94. The molecule has 3 aromatic rings. The molecule has 1 saturated heterocycles. The first-order valence-corrected chi connectivity index (χ1v) is 9.88. The molecule has 2 heterocycles. The van der Waals surface area contributed by atoms with Crippen molar-refractivity contribution in [1.29, 1.82) is 0 Å². The SMILES string of the molecule is COc1cccc(-c2nn(-c3ccccc3)cc2CN2CCCC(CO)C2)c1. The van der Waals surface area contributed by atoms with Crippen LogP contribution in [0.5, 0.6) is 5.75 Å². The molecule has 1 aliphatic rings. The first-order chi connectivity index (χ1) is 13.8. The molecule has 1 unspecified atom stereocenters. The number of aliphatic hydroxyl groups excluding tert-OH is 1. The molecular formula is C23H27N3O2. The Balaban J connectivity index is 1.69. The molecule has 0 radical (unpaired) electrons. The third-order valence-corrected chi connectivity index (χ3v) is 5.41. The van der Waals surface area contributed by atoms with E-state index >= 15 is 0 Å². The molecule has 5 heteroatoms. The number of nitrogens with zero attached hydrogens (tertiary/aromatic N) is 3.